The van der Waals surface area contributed by atoms with Gasteiger partial charge in [0.2, 0.25) is 5.91 Å². The van der Waals surface area contributed by atoms with Gasteiger partial charge in [0.25, 0.3) is 0 Å². The van der Waals surface area contributed by atoms with Gasteiger partial charge in [-0.1, -0.05) is 12.1 Å². The highest BCUT2D eigenvalue weighted by Gasteiger charge is 2.19. The molecule has 130 valence electrons. The van der Waals surface area contributed by atoms with Crippen molar-refractivity contribution in [2.24, 2.45) is 5.92 Å². The van der Waals surface area contributed by atoms with Gasteiger partial charge in [-0.25, -0.2) is 0 Å². The maximum absolute atomic E-state index is 12.2. The van der Waals surface area contributed by atoms with Crippen LogP contribution in [0.1, 0.15) is 24.8 Å². The minimum Gasteiger partial charge on any atom is -0.435 e. The first-order valence-electron chi connectivity index (χ1n) is 7.53. The molecule has 1 N–H and O–H groups in total. The summed E-state index contributed by atoms with van der Waals surface area (Å²) in [5, 5.41) is 3.29. The Kier molecular flexibility index (Phi) is 8.26. The van der Waals surface area contributed by atoms with Crippen LogP contribution in [-0.4, -0.2) is 37.6 Å². The topological polar surface area (TPSA) is 41.6 Å². The summed E-state index contributed by atoms with van der Waals surface area (Å²) in [7, 11) is 1.77. The van der Waals surface area contributed by atoms with Crippen molar-refractivity contribution in [3.8, 4) is 5.75 Å². The van der Waals surface area contributed by atoms with Crippen LogP contribution in [0.5, 0.6) is 5.75 Å². The molecule has 0 radical (unpaired) electrons. The molecule has 2 rings (SSSR count). The van der Waals surface area contributed by atoms with E-state index in [1.54, 1.807) is 24.1 Å². The molecule has 4 nitrogen and oxygen atoms in total. The van der Waals surface area contributed by atoms with Crippen LogP contribution < -0.4 is 10.1 Å². The predicted molar refractivity (Wildman–Crippen MR) is 87.0 cm³/mol. The molecule has 7 heteroatoms. The summed E-state index contributed by atoms with van der Waals surface area (Å²) in [4.78, 5) is 13.9. The van der Waals surface area contributed by atoms with E-state index in [1.807, 2.05) is 0 Å². The van der Waals surface area contributed by atoms with Gasteiger partial charge in [-0.15, -0.1) is 12.4 Å². The van der Waals surface area contributed by atoms with Crippen LogP contribution in [-0.2, 0) is 11.3 Å². The number of halogens is 3. The monoisotopic (exact) mass is 348 g/mol. The number of carbonyl (C=O) groups is 1. The Hall–Kier alpha value is -1.40. The van der Waals surface area contributed by atoms with Crippen molar-refractivity contribution in [2.45, 2.75) is 32.4 Å². The third-order valence-corrected chi connectivity index (χ3v) is 3.92. The molecule has 1 aliphatic heterocycles. The van der Waals surface area contributed by atoms with Gasteiger partial charge in [-0.05, 0) is 49.5 Å². The molecule has 1 saturated heterocycles. The molecule has 1 amide bonds. The average Bonchev–Trinajstić information content (AvgIpc) is 2.49. The molecule has 0 aromatic heterocycles. The number of nitrogens with one attached hydrogen (secondary N) is 1. The first-order chi connectivity index (χ1) is 10.5. The van der Waals surface area contributed by atoms with E-state index in [-0.39, 0.29) is 24.1 Å². The molecule has 0 unspecified atom stereocenters. The fraction of sp³-hybridized carbons (Fsp3) is 0.562. The molecule has 1 aromatic carbocycles. The zero-order valence-corrected chi connectivity index (χ0v) is 14.0. The van der Waals surface area contributed by atoms with E-state index in [0.717, 1.165) is 31.5 Å². The third-order valence-electron chi connectivity index (χ3n) is 3.92. The van der Waals surface area contributed by atoms with Gasteiger partial charge < -0.3 is 15.0 Å². The van der Waals surface area contributed by atoms with Gasteiger partial charge in [-0.2, -0.15) is 8.78 Å². The molecule has 1 heterocycles. The van der Waals surface area contributed by atoms with Crippen molar-refractivity contribution in [3.05, 3.63) is 29.8 Å². The minimum atomic E-state index is -2.82. The number of piperidine rings is 1. The lowest BCUT2D eigenvalue weighted by molar-refractivity contribution is -0.131. The van der Waals surface area contributed by atoms with Crippen molar-refractivity contribution >= 4 is 18.3 Å². The Morgan fingerprint density at radius 3 is 2.48 bits per heavy atom. The lowest BCUT2D eigenvalue weighted by Crippen LogP contribution is -2.33. The van der Waals surface area contributed by atoms with Crippen LogP contribution in [0.25, 0.3) is 0 Å². The van der Waals surface area contributed by atoms with E-state index in [4.69, 9.17) is 0 Å². The number of nitrogens with zero attached hydrogens (tertiary/aromatic N) is 1. The fourth-order valence-corrected chi connectivity index (χ4v) is 2.63. The van der Waals surface area contributed by atoms with Crippen LogP contribution in [0, 0.1) is 5.92 Å². The van der Waals surface area contributed by atoms with Crippen molar-refractivity contribution in [2.75, 3.05) is 20.1 Å². The molecular weight excluding hydrogens is 326 g/mol. The molecule has 0 aliphatic carbocycles. The highest BCUT2D eigenvalue weighted by atomic mass is 35.5. The minimum absolute atomic E-state index is 0. The second-order valence-corrected chi connectivity index (χ2v) is 5.67. The zero-order chi connectivity index (χ0) is 15.9. The molecule has 23 heavy (non-hydrogen) atoms. The predicted octanol–water partition coefficient (Wildman–Crippen LogP) is 3.06. The van der Waals surface area contributed by atoms with E-state index in [0.29, 0.717) is 18.9 Å². The number of hydrogen-bond donors (Lipinski definition) is 1. The molecule has 1 aromatic rings. The van der Waals surface area contributed by atoms with E-state index < -0.39 is 6.61 Å². The number of carbonyl (C=O) groups excluding carboxylic acids is 1. The number of ether oxygens (including phenoxy) is 1. The number of hydrogen-bond acceptors (Lipinski definition) is 3. The first kappa shape index (κ1) is 19.6. The van der Waals surface area contributed by atoms with Gasteiger partial charge in [0.05, 0.1) is 0 Å². The Morgan fingerprint density at radius 2 is 1.91 bits per heavy atom. The number of benzene rings is 1. The Labute approximate surface area is 141 Å². The van der Waals surface area contributed by atoms with E-state index in [2.05, 4.69) is 10.1 Å². The van der Waals surface area contributed by atoms with Crippen molar-refractivity contribution in [3.63, 3.8) is 0 Å². The largest absolute Gasteiger partial charge is 0.435 e. The maximum atomic E-state index is 12.2. The third kappa shape index (κ3) is 6.71. The summed E-state index contributed by atoms with van der Waals surface area (Å²) in [6.45, 7) is -0.390. The second kappa shape index (κ2) is 9.67. The summed E-state index contributed by atoms with van der Waals surface area (Å²) < 4.78 is 28.5. The van der Waals surface area contributed by atoms with E-state index in [9.17, 15) is 13.6 Å². The molecule has 0 saturated carbocycles. The lowest BCUT2D eigenvalue weighted by atomic mass is 9.94. The zero-order valence-electron chi connectivity index (χ0n) is 13.1. The molecule has 0 spiro atoms. The maximum Gasteiger partial charge on any atom is 0.387 e. The average molecular weight is 349 g/mol. The fourth-order valence-electron chi connectivity index (χ4n) is 2.63. The summed E-state index contributed by atoms with van der Waals surface area (Å²) in [6, 6.07) is 6.39. The number of amides is 1. The SMILES string of the molecule is CN(Cc1ccc(OC(F)F)cc1)C(=O)CC1CCNCC1.Cl. The molecule has 1 fully saturated rings. The van der Waals surface area contributed by atoms with Crippen molar-refractivity contribution < 1.29 is 18.3 Å². The van der Waals surface area contributed by atoms with Crippen LogP contribution in [0.3, 0.4) is 0 Å². The van der Waals surface area contributed by atoms with Crippen molar-refractivity contribution in [1.29, 1.82) is 0 Å². The first-order valence-corrected chi connectivity index (χ1v) is 7.53. The summed E-state index contributed by atoms with van der Waals surface area (Å²) in [5.74, 6) is 0.709. The van der Waals surface area contributed by atoms with Crippen LogP contribution in [0.4, 0.5) is 8.78 Å². The molecule has 0 bridgehead atoms. The summed E-state index contributed by atoms with van der Waals surface area (Å²) in [5.41, 5.74) is 0.891. The molecule has 1 aliphatic rings. The van der Waals surface area contributed by atoms with Crippen molar-refractivity contribution in [1.82, 2.24) is 10.2 Å². The van der Waals surface area contributed by atoms with E-state index >= 15 is 0 Å². The quantitative estimate of drug-likeness (QED) is 0.859. The molecular formula is C16H23ClF2N2O2. The van der Waals surface area contributed by atoms with Gasteiger partial charge in [0.1, 0.15) is 5.75 Å². The number of alkyl halides is 2. The van der Waals surface area contributed by atoms with Gasteiger partial charge in [-0.3, -0.25) is 4.79 Å². The van der Waals surface area contributed by atoms with Crippen LogP contribution in [0.15, 0.2) is 24.3 Å². The molecule has 0 atom stereocenters. The Morgan fingerprint density at radius 1 is 1.30 bits per heavy atom. The Bertz CT molecular complexity index is 479. The normalized spacial score (nSPS) is 15.1. The Balaban J connectivity index is 0.00000264. The van der Waals surface area contributed by atoms with Gasteiger partial charge in [0, 0.05) is 20.0 Å². The van der Waals surface area contributed by atoms with Gasteiger partial charge >= 0.3 is 6.61 Å². The van der Waals surface area contributed by atoms with Gasteiger partial charge in [0.15, 0.2) is 0 Å². The lowest BCUT2D eigenvalue weighted by Gasteiger charge is -2.25. The number of rotatable bonds is 6. The smallest absolute Gasteiger partial charge is 0.387 e. The van der Waals surface area contributed by atoms with E-state index in [1.165, 1.54) is 12.1 Å². The highest BCUT2D eigenvalue weighted by Crippen LogP contribution is 2.19. The second-order valence-electron chi connectivity index (χ2n) is 5.67. The summed E-state index contributed by atoms with van der Waals surface area (Å²) >= 11 is 0. The van der Waals surface area contributed by atoms with Crippen LogP contribution >= 0.6 is 12.4 Å². The highest BCUT2D eigenvalue weighted by molar-refractivity contribution is 5.85. The standard InChI is InChI=1S/C16H22F2N2O2.ClH/c1-20(15(21)10-12-6-8-19-9-7-12)11-13-2-4-14(5-3-13)22-16(17)18;/h2-5,12,16,19H,6-11H2,1H3;1H. The van der Waals surface area contributed by atoms with Crippen LogP contribution in [0.2, 0.25) is 0 Å². The summed E-state index contributed by atoms with van der Waals surface area (Å²) in [6.07, 6.45) is 2.66.